The first kappa shape index (κ1) is 14.1. The van der Waals surface area contributed by atoms with Crippen LogP contribution in [0.25, 0.3) is 0 Å². The Morgan fingerprint density at radius 2 is 1.78 bits per heavy atom. The maximum Gasteiger partial charge on any atom is 0.0931 e. The third kappa shape index (κ3) is 3.18. The van der Waals surface area contributed by atoms with Gasteiger partial charge in [-0.2, -0.15) is 0 Å². The van der Waals surface area contributed by atoms with E-state index in [1.165, 1.54) is 11.3 Å². The van der Waals surface area contributed by atoms with Gasteiger partial charge in [-0.1, -0.05) is 40.9 Å². The minimum absolute atomic E-state index is 0.138. The standard InChI is InChI=1S/C12H11Cl3N2S/c13-8-2-1-3-9(14)12(8)10(17-16)6-7-4-5-11(15)18-7/h1-5,10,17H,6,16H2. The van der Waals surface area contributed by atoms with Crippen LogP contribution < -0.4 is 11.3 Å². The molecule has 18 heavy (non-hydrogen) atoms. The molecule has 0 spiro atoms. The van der Waals surface area contributed by atoms with Crippen molar-refractivity contribution in [3.05, 3.63) is 55.2 Å². The molecule has 96 valence electrons. The van der Waals surface area contributed by atoms with E-state index in [-0.39, 0.29) is 6.04 Å². The van der Waals surface area contributed by atoms with Crippen LogP contribution in [-0.4, -0.2) is 0 Å². The first-order valence-electron chi connectivity index (χ1n) is 5.26. The molecule has 0 saturated carbocycles. The molecule has 2 rings (SSSR count). The van der Waals surface area contributed by atoms with Crippen molar-refractivity contribution in [2.75, 3.05) is 0 Å². The average Bonchev–Trinajstić information content (AvgIpc) is 2.73. The molecule has 6 heteroatoms. The Balaban J connectivity index is 2.28. The maximum atomic E-state index is 6.17. The Morgan fingerprint density at radius 1 is 1.11 bits per heavy atom. The Labute approximate surface area is 125 Å². The zero-order chi connectivity index (χ0) is 13.1. The predicted molar refractivity (Wildman–Crippen MR) is 79.6 cm³/mol. The van der Waals surface area contributed by atoms with Crippen LogP contribution in [0, 0.1) is 0 Å². The van der Waals surface area contributed by atoms with Gasteiger partial charge in [0.05, 0.1) is 10.4 Å². The van der Waals surface area contributed by atoms with E-state index in [9.17, 15) is 0 Å². The van der Waals surface area contributed by atoms with Crippen molar-refractivity contribution >= 4 is 46.1 Å². The Hall–Kier alpha value is -0.290. The molecule has 1 aromatic heterocycles. The molecule has 2 aromatic rings. The number of hydrogen-bond donors (Lipinski definition) is 2. The van der Waals surface area contributed by atoms with Crippen molar-refractivity contribution in [2.45, 2.75) is 12.5 Å². The fourth-order valence-electron chi connectivity index (χ4n) is 1.75. The number of nitrogens with one attached hydrogen (secondary N) is 1. The Bertz CT molecular complexity index is 522. The van der Waals surface area contributed by atoms with Crippen molar-refractivity contribution in [3.63, 3.8) is 0 Å². The highest BCUT2D eigenvalue weighted by Crippen LogP contribution is 2.33. The van der Waals surface area contributed by atoms with Crippen LogP contribution in [-0.2, 0) is 6.42 Å². The molecule has 0 amide bonds. The van der Waals surface area contributed by atoms with Gasteiger partial charge in [0, 0.05) is 26.9 Å². The second-order valence-corrected chi connectivity index (χ2v) is 6.38. The summed E-state index contributed by atoms with van der Waals surface area (Å²) in [4.78, 5) is 1.12. The summed E-state index contributed by atoms with van der Waals surface area (Å²) in [6.07, 6.45) is 0.692. The molecule has 2 nitrogen and oxygen atoms in total. The second-order valence-electron chi connectivity index (χ2n) is 3.76. The SMILES string of the molecule is NNC(Cc1ccc(Cl)s1)c1c(Cl)cccc1Cl. The smallest absolute Gasteiger partial charge is 0.0931 e. The summed E-state index contributed by atoms with van der Waals surface area (Å²) in [7, 11) is 0. The van der Waals surface area contributed by atoms with Gasteiger partial charge in [0.1, 0.15) is 0 Å². The summed E-state index contributed by atoms with van der Waals surface area (Å²) in [6.45, 7) is 0. The first-order chi connectivity index (χ1) is 8.61. The predicted octanol–water partition coefficient (Wildman–Crippen LogP) is 4.46. The zero-order valence-corrected chi connectivity index (χ0v) is 12.4. The van der Waals surface area contributed by atoms with Crippen molar-refractivity contribution in [1.29, 1.82) is 0 Å². The molecule has 1 unspecified atom stereocenters. The monoisotopic (exact) mass is 320 g/mol. The number of rotatable bonds is 4. The summed E-state index contributed by atoms with van der Waals surface area (Å²) in [5.74, 6) is 5.60. The summed E-state index contributed by atoms with van der Waals surface area (Å²) in [5.41, 5.74) is 3.57. The fraction of sp³-hybridized carbons (Fsp3) is 0.167. The van der Waals surface area contributed by atoms with Gasteiger partial charge in [0.15, 0.2) is 0 Å². The lowest BCUT2D eigenvalue weighted by Crippen LogP contribution is -2.29. The molecule has 0 aliphatic heterocycles. The molecule has 0 aliphatic carbocycles. The summed E-state index contributed by atoms with van der Waals surface area (Å²) >= 11 is 19.8. The van der Waals surface area contributed by atoms with Gasteiger partial charge in [-0.05, 0) is 24.3 Å². The number of hydrogen-bond acceptors (Lipinski definition) is 3. The van der Waals surface area contributed by atoms with E-state index in [1.54, 1.807) is 12.1 Å². The molecular weight excluding hydrogens is 311 g/mol. The number of benzene rings is 1. The van der Waals surface area contributed by atoms with Gasteiger partial charge >= 0.3 is 0 Å². The third-order valence-electron chi connectivity index (χ3n) is 2.58. The number of hydrazine groups is 1. The van der Waals surface area contributed by atoms with Crippen LogP contribution in [0.15, 0.2) is 30.3 Å². The minimum atomic E-state index is -0.138. The van der Waals surface area contributed by atoms with Crippen molar-refractivity contribution in [1.82, 2.24) is 5.43 Å². The lowest BCUT2D eigenvalue weighted by atomic mass is 10.0. The quantitative estimate of drug-likeness (QED) is 0.644. The molecule has 1 atom stereocenters. The van der Waals surface area contributed by atoms with Crippen LogP contribution in [0.2, 0.25) is 14.4 Å². The van der Waals surface area contributed by atoms with Crippen LogP contribution >= 0.6 is 46.1 Å². The lowest BCUT2D eigenvalue weighted by Gasteiger charge is -2.18. The van der Waals surface area contributed by atoms with E-state index in [0.29, 0.717) is 16.5 Å². The lowest BCUT2D eigenvalue weighted by molar-refractivity contribution is 0.556. The Morgan fingerprint density at radius 3 is 2.28 bits per heavy atom. The molecule has 0 radical (unpaired) electrons. The molecule has 1 heterocycles. The average molecular weight is 322 g/mol. The molecule has 0 bridgehead atoms. The minimum Gasteiger partial charge on any atom is -0.271 e. The van der Waals surface area contributed by atoms with E-state index in [2.05, 4.69) is 5.43 Å². The van der Waals surface area contributed by atoms with E-state index in [1.807, 2.05) is 18.2 Å². The van der Waals surface area contributed by atoms with Crippen molar-refractivity contribution in [3.8, 4) is 0 Å². The van der Waals surface area contributed by atoms with Gasteiger partial charge in [0.25, 0.3) is 0 Å². The van der Waals surface area contributed by atoms with Crippen LogP contribution in [0.5, 0.6) is 0 Å². The molecular formula is C12H11Cl3N2S. The van der Waals surface area contributed by atoms with E-state index in [0.717, 1.165) is 14.8 Å². The van der Waals surface area contributed by atoms with Crippen molar-refractivity contribution < 1.29 is 0 Å². The highest BCUT2D eigenvalue weighted by Gasteiger charge is 2.18. The van der Waals surface area contributed by atoms with Gasteiger partial charge in [0.2, 0.25) is 0 Å². The molecule has 0 saturated heterocycles. The van der Waals surface area contributed by atoms with Crippen LogP contribution in [0.4, 0.5) is 0 Å². The van der Waals surface area contributed by atoms with E-state index in [4.69, 9.17) is 40.6 Å². The molecule has 3 N–H and O–H groups in total. The third-order valence-corrected chi connectivity index (χ3v) is 4.50. The second kappa shape index (κ2) is 6.24. The summed E-state index contributed by atoms with van der Waals surface area (Å²) < 4.78 is 0.756. The van der Waals surface area contributed by atoms with E-state index >= 15 is 0 Å². The Kier molecular flexibility index (Phi) is 4.90. The van der Waals surface area contributed by atoms with E-state index < -0.39 is 0 Å². The number of thiophene rings is 1. The van der Waals surface area contributed by atoms with Crippen molar-refractivity contribution in [2.24, 2.45) is 5.84 Å². The number of nitrogens with two attached hydrogens (primary N) is 1. The van der Waals surface area contributed by atoms with Gasteiger partial charge in [-0.3, -0.25) is 11.3 Å². The maximum absolute atomic E-state index is 6.17. The van der Waals surface area contributed by atoms with Crippen LogP contribution in [0.3, 0.4) is 0 Å². The number of halogens is 3. The largest absolute Gasteiger partial charge is 0.271 e. The highest BCUT2D eigenvalue weighted by atomic mass is 35.5. The summed E-state index contributed by atoms with van der Waals surface area (Å²) in [6, 6.07) is 9.11. The van der Waals surface area contributed by atoms with Gasteiger partial charge in [-0.25, -0.2) is 0 Å². The summed E-state index contributed by atoms with van der Waals surface area (Å²) in [5, 5.41) is 1.21. The highest BCUT2D eigenvalue weighted by molar-refractivity contribution is 7.16. The fourth-order valence-corrected chi connectivity index (χ4v) is 3.54. The first-order valence-corrected chi connectivity index (χ1v) is 7.21. The topological polar surface area (TPSA) is 38.0 Å². The normalized spacial score (nSPS) is 12.7. The van der Waals surface area contributed by atoms with Gasteiger partial charge < -0.3 is 0 Å². The molecule has 0 fully saturated rings. The zero-order valence-electron chi connectivity index (χ0n) is 9.29. The molecule has 0 aliphatic rings. The van der Waals surface area contributed by atoms with Crippen LogP contribution in [0.1, 0.15) is 16.5 Å². The molecule has 1 aromatic carbocycles. The van der Waals surface area contributed by atoms with Gasteiger partial charge in [-0.15, -0.1) is 11.3 Å².